The molecule has 1 saturated heterocycles. The van der Waals surface area contributed by atoms with Crippen LogP contribution in [0.3, 0.4) is 0 Å². The Labute approximate surface area is 107 Å². The van der Waals surface area contributed by atoms with E-state index in [4.69, 9.17) is 15.1 Å². The van der Waals surface area contributed by atoms with Gasteiger partial charge in [0, 0.05) is 13.0 Å². The lowest BCUT2D eigenvalue weighted by Gasteiger charge is -2.15. The fraction of sp³-hybridized carbons (Fsp3) is 0.600. The molecule has 4 N–H and O–H groups in total. The molecule has 1 unspecified atom stereocenters. The minimum atomic E-state index is -0.925. The smallest absolute Gasteiger partial charge is 0.351 e. The third-order valence-corrected chi connectivity index (χ3v) is 2.94. The molecule has 106 valence electrons. The van der Waals surface area contributed by atoms with E-state index >= 15 is 0 Å². The predicted octanol–water partition coefficient (Wildman–Crippen LogP) is -0.786. The highest BCUT2D eigenvalue weighted by molar-refractivity contribution is 5.30. The second-order valence-electron chi connectivity index (χ2n) is 4.18. The van der Waals surface area contributed by atoms with Gasteiger partial charge in [0.05, 0.1) is 18.4 Å². The molecule has 9 heteroatoms. The molecule has 2 rings (SSSR count). The van der Waals surface area contributed by atoms with Crippen LogP contribution in [0.15, 0.2) is 11.0 Å². The topological polar surface area (TPSA) is 117 Å². The summed E-state index contributed by atoms with van der Waals surface area (Å²) in [5.41, 5.74) is 0.649. The van der Waals surface area contributed by atoms with Crippen molar-refractivity contribution in [1.82, 2.24) is 9.55 Å². The molecule has 1 aliphatic heterocycles. The minimum absolute atomic E-state index is 0.0948. The number of rotatable bonds is 4. The summed E-state index contributed by atoms with van der Waals surface area (Å²) in [5, 5.41) is 27.0. The third kappa shape index (κ3) is 2.73. The summed E-state index contributed by atoms with van der Waals surface area (Å²) in [6, 6.07) is 0. The maximum absolute atomic E-state index is 13.4. The van der Waals surface area contributed by atoms with Gasteiger partial charge in [0.25, 0.3) is 0 Å². The first-order valence-corrected chi connectivity index (χ1v) is 5.70. The maximum atomic E-state index is 13.4. The number of aliphatic hydroxyl groups excluding tert-OH is 2. The number of hydrogen-bond donors (Lipinski definition) is 4. The number of nitrogens with one attached hydrogen (secondary N) is 1. The first-order valence-electron chi connectivity index (χ1n) is 5.70. The average molecular weight is 275 g/mol. The third-order valence-electron chi connectivity index (χ3n) is 2.94. The standard InChI is InChI=1S/C10H14FN3O5/c11-5-4-14(10(17)12-9(5)13-18)8-3-6(16)7(19-8)1-2-15/h4,6-8,15-16,18H,1-3H2,(H,12,13,17)/t6-,7?,8+/m0/s1. The van der Waals surface area contributed by atoms with E-state index in [2.05, 4.69) is 4.98 Å². The molecule has 1 aromatic heterocycles. The van der Waals surface area contributed by atoms with Crippen LogP contribution in [0.5, 0.6) is 0 Å². The van der Waals surface area contributed by atoms with Crippen molar-refractivity contribution >= 4 is 5.82 Å². The Morgan fingerprint density at radius 3 is 3.00 bits per heavy atom. The molecular weight excluding hydrogens is 261 g/mol. The second kappa shape index (κ2) is 5.61. The van der Waals surface area contributed by atoms with Crippen molar-refractivity contribution in [1.29, 1.82) is 0 Å². The molecule has 0 amide bonds. The number of aromatic nitrogens is 2. The van der Waals surface area contributed by atoms with Gasteiger partial charge in [-0.1, -0.05) is 0 Å². The molecule has 1 aliphatic rings. The lowest BCUT2D eigenvalue weighted by atomic mass is 10.1. The zero-order valence-electron chi connectivity index (χ0n) is 9.86. The van der Waals surface area contributed by atoms with Crippen LogP contribution in [0.25, 0.3) is 0 Å². The van der Waals surface area contributed by atoms with Gasteiger partial charge in [-0.25, -0.2) is 14.7 Å². The molecule has 0 aliphatic carbocycles. The Bertz CT molecular complexity index is 508. The van der Waals surface area contributed by atoms with E-state index in [1.54, 1.807) is 0 Å². The molecule has 0 spiro atoms. The summed E-state index contributed by atoms with van der Waals surface area (Å²) in [6.07, 6.45) is -1.15. The van der Waals surface area contributed by atoms with Gasteiger partial charge in [-0.05, 0) is 6.42 Å². The van der Waals surface area contributed by atoms with Crippen molar-refractivity contribution in [3.8, 4) is 0 Å². The highest BCUT2D eigenvalue weighted by Crippen LogP contribution is 2.29. The minimum Gasteiger partial charge on any atom is -0.396 e. The largest absolute Gasteiger partial charge is 0.396 e. The molecule has 0 aromatic carbocycles. The van der Waals surface area contributed by atoms with Gasteiger partial charge in [0.15, 0.2) is 11.6 Å². The Morgan fingerprint density at radius 2 is 2.37 bits per heavy atom. The number of aliphatic hydroxyl groups is 2. The van der Waals surface area contributed by atoms with Gasteiger partial charge >= 0.3 is 5.69 Å². The summed E-state index contributed by atoms with van der Waals surface area (Å²) in [4.78, 5) is 14.9. The zero-order chi connectivity index (χ0) is 14.0. The Balaban J connectivity index is 2.24. The molecule has 19 heavy (non-hydrogen) atoms. The SMILES string of the molecule is O=c1nc(NO)c(F)cn1[C@H]1C[C@H](O)C(CCO)O1. The van der Waals surface area contributed by atoms with Crippen LogP contribution in [0.2, 0.25) is 0 Å². The van der Waals surface area contributed by atoms with Crippen LogP contribution < -0.4 is 11.2 Å². The van der Waals surface area contributed by atoms with E-state index in [9.17, 15) is 14.3 Å². The maximum Gasteiger partial charge on any atom is 0.351 e. The van der Waals surface area contributed by atoms with Gasteiger partial charge in [-0.2, -0.15) is 4.98 Å². The van der Waals surface area contributed by atoms with Crippen molar-refractivity contribution in [2.24, 2.45) is 0 Å². The molecule has 2 heterocycles. The number of hydrogen-bond acceptors (Lipinski definition) is 7. The molecule has 0 bridgehead atoms. The summed E-state index contributed by atoms with van der Waals surface area (Å²) < 4.78 is 19.7. The summed E-state index contributed by atoms with van der Waals surface area (Å²) in [5.74, 6) is -1.50. The summed E-state index contributed by atoms with van der Waals surface area (Å²) in [6.45, 7) is -0.163. The average Bonchev–Trinajstić information content (AvgIpc) is 2.73. The van der Waals surface area contributed by atoms with Gasteiger partial charge in [-0.3, -0.25) is 9.77 Å². The first kappa shape index (κ1) is 13.9. The normalized spacial score (nSPS) is 26.6. The van der Waals surface area contributed by atoms with Crippen LogP contribution in [0, 0.1) is 5.82 Å². The van der Waals surface area contributed by atoms with Gasteiger partial charge in [-0.15, -0.1) is 0 Å². The number of halogens is 1. The summed E-state index contributed by atoms with van der Waals surface area (Å²) >= 11 is 0. The fourth-order valence-electron chi connectivity index (χ4n) is 2.00. The van der Waals surface area contributed by atoms with Crippen molar-refractivity contribution < 1.29 is 24.5 Å². The monoisotopic (exact) mass is 275 g/mol. The van der Waals surface area contributed by atoms with Gasteiger partial charge < -0.3 is 14.9 Å². The second-order valence-corrected chi connectivity index (χ2v) is 4.18. The zero-order valence-corrected chi connectivity index (χ0v) is 9.86. The number of nitrogens with zero attached hydrogens (tertiary/aromatic N) is 2. The molecule has 0 saturated carbocycles. The molecule has 3 atom stereocenters. The Kier molecular flexibility index (Phi) is 4.10. The predicted molar refractivity (Wildman–Crippen MR) is 60.1 cm³/mol. The fourth-order valence-corrected chi connectivity index (χ4v) is 2.00. The number of ether oxygens (including phenoxy) is 1. The van der Waals surface area contributed by atoms with Crippen molar-refractivity contribution in [3.05, 3.63) is 22.5 Å². The summed E-state index contributed by atoms with van der Waals surface area (Å²) in [7, 11) is 0. The highest BCUT2D eigenvalue weighted by atomic mass is 19.1. The van der Waals surface area contributed by atoms with E-state index in [1.165, 1.54) is 5.48 Å². The Morgan fingerprint density at radius 1 is 1.63 bits per heavy atom. The van der Waals surface area contributed by atoms with E-state index in [0.29, 0.717) is 0 Å². The van der Waals surface area contributed by atoms with Crippen molar-refractivity contribution in [2.75, 3.05) is 12.1 Å². The lowest BCUT2D eigenvalue weighted by Crippen LogP contribution is -2.28. The Hall–Kier alpha value is -1.55. The van der Waals surface area contributed by atoms with Crippen LogP contribution in [-0.4, -0.2) is 43.8 Å². The molecule has 1 fully saturated rings. The van der Waals surface area contributed by atoms with Crippen LogP contribution >= 0.6 is 0 Å². The van der Waals surface area contributed by atoms with E-state index in [1.807, 2.05) is 0 Å². The van der Waals surface area contributed by atoms with Crippen molar-refractivity contribution in [3.63, 3.8) is 0 Å². The first-order chi connectivity index (χ1) is 9.06. The van der Waals surface area contributed by atoms with Gasteiger partial charge in [0.2, 0.25) is 0 Å². The van der Waals surface area contributed by atoms with Crippen LogP contribution in [0.4, 0.5) is 10.2 Å². The van der Waals surface area contributed by atoms with E-state index in [-0.39, 0.29) is 19.4 Å². The molecule has 8 nitrogen and oxygen atoms in total. The lowest BCUT2D eigenvalue weighted by molar-refractivity contribution is -0.0309. The van der Waals surface area contributed by atoms with E-state index in [0.717, 1.165) is 10.8 Å². The molecule has 1 aromatic rings. The van der Waals surface area contributed by atoms with Crippen LogP contribution in [-0.2, 0) is 4.74 Å². The van der Waals surface area contributed by atoms with Crippen molar-refractivity contribution in [2.45, 2.75) is 31.3 Å². The highest BCUT2D eigenvalue weighted by Gasteiger charge is 2.35. The van der Waals surface area contributed by atoms with Gasteiger partial charge in [0.1, 0.15) is 6.23 Å². The molecule has 0 radical (unpaired) electrons. The number of anilines is 1. The quantitative estimate of drug-likeness (QED) is 0.532. The van der Waals surface area contributed by atoms with E-state index < -0.39 is 35.8 Å². The van der Waals surface area contributed by atoms with Crippen LogP contribution in [0.1, 0.15) is 19.1 Å². The molecular formula is C10H14FN3O5.